The van der Waals surface area contributed by atoms with Gasteiger partial charge in [0, 0.05) is 103 Å². The molecule has 0 radical (unpaired) electrons. The SMILES string of the molecule is C.C.C.CC(C)c1ccc(N2CCCCC2)nc1.CC(C)c1cccn[n+]1C1CCOCC1.CC(C)c1ccnc(N2CCCCC2)c1.CC(C)c1nc(C(F)(F)F)cs1.Cc1cnc(C(C)C)s1.Cc1ncc(C(C)C)s1. The third kappa shape index (κ3) is 25.0. The number of nitrogens with zero attached hydrogens (tertiary/aromatic N) is 9. The van der Waals surface area contributed by atoms with Gasteiger partial charge in [-0.25, -0.2) is 24.9 Å². The van der Waals surface area contributed by atoms with E-state index >= 15 is 0 Å². The molecule has 3 fully saturated rings. The first-order valence-electron chi connectivity index (χ1n) is 27.4. The van der Waals surface area contributed by atoms with E-state index in [2.05, 4.69) is 151 Å². The van der Waals surface area contributed by atoms with Crippen LogP contribution in [0.15, 0.2) is 72.8 Å². The van der Waals surface area contributed by atoms with Crippen molar-refractivity contribution in [3.8, 4) is 0 Å². The van der Waals surface area contributed by atoms with Crippen LogP contribution in [-0.2, 0) is 10.9 Å². The number of anilines is 2. The molecule has 10 nitrogen and oxygen atoms in total. The summed E-state index contributed by atoms with van der Waals surface area (Å²) in [6.45, 7) is 36.2. The zero-order valence-electron chi connectivity index (χ0n) is 47.7. The first-order valence-corrected chi connectivity index (χ1v) is 29.9. The average molecular weight is 1140 g/mol. The van der Waals surface area contributed by atoms with Crippen molar-refractivity contribution in [2.75, 3.05) is 49.2 Å². The molecule has 0 bridgehead atoms. The molecule has 9 heterocycles. The highest BCUT2D eigenvalue weighted by Crippen LogP contribution is 2.32. The topological polar surface area (TPSA) is 96.9 Å². The lowest BCUT2D eigenvalue weighted by molar-refractivity contribution is -0.787. The molecule has 16 heteroatoms. The molecule has 78 heavy (non-hydrogen) atoms. The van der Waals surface area contributed by atoms with Crippen molar-refractivity contribution in [1.29, 1.82) is 0 Å². The maximum absolute atomic E-state index is 12.0. The highest BCUT2D eigenvalue weighted by molar-refractivity contribution is 7.11. The number of pyridine rings is 2. The third-order valence-corrected chi connectivity index (χ3v) is 16.4. The Hall–Kier alpha value is -4.38. The summed E-state index contributed by atoms with van der Waals surface area (Å²) in [5, 5.41) is 8.47. The van der Waals surface area contributed by atoms with E-state index in [4.69, 9.17) is 4.74 Å². The monoisotopic (exact) mass is 1140 g/mol. The second kappa shape index (κ2) is 36.8. The van der Waals surface area contributed by atoms with Crippen LogP contribution in [0.1, 0.15) is 246 Å². The van der Waals surface area contributed by atoms with Gasteiger partial charge >= 0.3 is 6.18 Å². The van der Waals surface area contributed by atoms with Crippen LogP contribution in [0.4, 0.5) is 24.8 Å². The fourth-order valence-corrected chi connectivity index (χ4v) is 10.6. The number of ether oxygens (including phenoxy) is 1. The summed E-state index contributed by atoms with van der Waals surface area (Å²) in [4.78, 5) is 28.4. The first-order chi connectivity index (χ1) is 35.6. The van der Waals surface area contributed by atoms with Gasteiger partial charge in [-0.2, -0.15) is 13.2 Å². The van der Waals surface area contributed by atoms with Gasteiger partial charge in [-0.15, -0.1) is 34.0 Å². The molecule has 3 aliphatic rings. The van der Waals surface area contributed by atoms with Gasteiger partial charge in [0.2, 0.25) is 5.69 Å². The van der Waals surface area contributed by atoms with Crippen LogP contribution in [0.3, 0.4) is 0 Å². The molecule has 6 aromatic heterocycles. The lowest BCUT2D eigenvalue weighted by Crippen LogP contribution is -2.49. The largest absolute Gasteiger partial charge is 0.434 e. The van der Waals surface area contributed by atoms with Crippen molar-refractivity contribution in [3.63, 3.8) is 0 Å². The van der Waals surface area contributed by atoms with Gasteiger partial charge < -0.3 is 14.5 Å². The van der Waals surface area contributed by atoms with Crippen LogP contribution >= 0.6 is 34.0 Å². The fourth-order valence-electron chi connectivity index (χ4n) is 8.19. The second-order valence-corrected chi connectivity index (χ2v) is 24.7. The zero-order chi connectivity index (χ0) is 55.1. The predicted octanol–water partition coefficient (Wildman–Crippen LogP) is 18.6. The number of piperidine rings is 2. The summed E-state index contributed by atoms with van der Waals surface area (Å²) in [6, 6.07) is 13.5. The average Bonchev–Trinajstić information content (AvgIpc) is 4.21. The number of hydrogen-bond donors (Lipinski definition) is 0. The van der Waals surface area contributed by atoms with E-state index in [9.17, 15) is 13.2 Å². The minimum atomic E-state index is -4.30. The smallest absolute Gasteiger partial charge is 0.381 e. The van der Waals surface area contributed by atoms with E-state index in [1.54, 1.807) is 22.7 Å². The van der Waals surface area contributed by atoms with Crippen molar-refractivity contribution < 1.29 is 22.6 Å². The van der Waals surface area contributed by atoms with E-state index in [1.807, 2.05) is 57.8 Å². The molecule has 3 saturated heterocycles. The maximum Gasteiger partial charge on any atom is 0.434 e. The number of halogens is 3. The molecule has 6 aromatic rings. The molecule has 0 N–H and O–H groups in total. The standard InChI is InChI=1S/2C13H20N2.C12H19N2O.C7H8F3NS.2C7H11NS.3CH4/c1-11(2)12-6-7-14-13(10-12)15-8-4-3-5-9-15;1-11(2)12-6-7-13(14-10-12)15-8-4-3-5-9-15;1-10(2)12-4-3-7-13-14(12)11-5-8-15-9-6-11;1-4(2)6-11-5(3-12-6)7(8,9)10;1-5(2)7-4-8-6(3)9-7;1-5(2)7-8-4-6(3)9-7;;;/h2*6-7,10-11H,3-5,8-9H2,1-2H3;3-4,7,10-11H,5-6,8-9H2,1-2H3;3-4H,1-2H3;2*4-5H,1-3H3;3*1H4/q;;+1;;;;;;. The maximum atomic E-state index is 12.0. The minimum Gasteiger partial charge on any atom is -0.381 e. The Bertz CT molecular complexity index is 2420. The number of alkyl halides is 3. The first kappa shape index (κ1) is 71.6. The molecule has 0 amide bonds. The Morgan fingerprint density at radius 1 is 0.590 bits per heavy atom. The number of hydrogen-bond acceptors (Lipinski definition) is 12. The van der Waals surface area contributed by atoms with Gasteiger partial charge in [0.15, 0.2) is 11.7 Å². The van der Waals surface area contributed by atoms with Crippen molar-refractivity contribution in [3.05, 3.63) is 120 Å². The molecule has 0 unspecified atom stereocenters. The molecule has 0 atom stereocenters. The molecular formula is C62H101F3N9OS3+. The van der Waals surface area contributed by atoms with Crippen LogP contribution in [0.5, 0.6) is 0 Å². The molecule has 3 aliphatic heterocycles. The lowest BCUT2D eigenvalue weighted by Gasteiger charge is -2.28. The number of rotatable bonds is 9. The molecule has 9 rings (SSSR count). The number of aryl methyl sites for hydroxylation is 2. The van der Waals surface area contributed by atoms with Crippen LogP contribution in [-0.4, -0.2) is 69.4 Å². The van der Waals surface area contributed by atoms with Gasteiger partial charge in [0.1, 0.15) is 11.6 Å². The van der Waals surface area contributed by atoms with E-state index in [0.29, 0.717) is 40.6 Å². The Kier molecular flexibility index (Phi) is 33.8. The number of thiazole rings is 3. The Morgan fingerprint density at radius 3 is 1.59 bits per heavy atom. The highest BCUT2D eigenvalue weighted by Gasteiger charge is 2.34. The van der Waals surface area contributed by atoms with E-state index < -0.39 is 11.9 Å². The zero-order valence-corrected chi connectivity index (χ0v) is 50.1. The van der Waals surface area contributed by atoms with E-state index in [-0.39, 0.29) is 28.2 Å². The van der Waals surface area contributed by atoms with Gasteiger partial charge in [-0.1, -0.05) is 116 Å². The van der Waals surface area contributed by atoms with Crippen molar-refractivity contribution in [2.24, 2.45) is 0 Å². The highest BCUT2D eigenvalue weighted by atomic mass is 32.1. The van der Waals surface area contributed by atoms with Crippen LogP contribution < -0.4 is 14.5 Å². The normalized spacial score (nSPS) is 14.5. The molecular weight excluding hydrogens is 1040 g/mol. The lowest BCUT2D eigenvalue weighted by atomic mass is 10.0. The molecule has 438 valence electrons. The Balaban J connectivity index is 0.000000470. The second-order valence-electron chi connectivity index (χ2n) is 21.3. The van der Waals surface area contributed by atoms with Gasteiger partial charge in [0.25, 0.3) is 0 Å². The van der Waals surface area contributed by atoms with Crippen molar-refractivity contribution >= 4 is 45.6 Å². The van der Waals surface area contributed by atoms with Crippen LogP contribution in [0, 0.1) is 13.8 Å². The summed E-state index contributed by atoms with van der Waals surface area (Å²) in [5.41, 5.74) is 3.27. The summed E-state index contributed by atoms with van der Waals surface area (Å²) in [6.07, 6.45) is 15.6. The molecule has 0 spiro atoms. The fraction of sp³-hybridized carbons (Fsp3) is 0.629. The predicted molar refractivity (Wildman–Crippen MR) is 330 cm³/mol. The summed E-state index contributed by atoms with van der Waals surface area (Å²) in [5.74, 6) is 5.30. The van der Waals surface area contributed by atoms with Gasteiger partial charge in [0.05, 0.1) is 34.4 Å². The minimum absolute atomic E-state index is 0. The van der Waals surface area contributed by atoms with E-state index in [1.165, 1.54) is 107 Å². The number of aromatic nitrogens is 7. The quantitative estimate of drug-likeness (QED) is 0.131. The summed E-state index contributed by atoms with van der Waals surface area (Å²) < 4.78 is 43.6. The van der Waals surface area contributed by atoms with Gasteiger partial charge in [-0.05, 0) is 111 Å². The van der Waals surface area contributed by atoms with Gasteiger partial charge in [-0.3, -0.25) is 0 Å². The molecule has 0 aliphatic carbocycles. The third-order valence-electron chi connectivity index (χ3n) is 12.8. The van der Waals surface area contributed by atoms with Crippen LogP contribution in [0.2, 0.25) is 0 Å². The summed E-state index contributed by atoms with van der Waals surface area (Å²) >= 11 is 4.62. The Morgan fingerprint density at radius 2 is 1.18 bits per heavy atom. The molecule has 0 saturated carbocycles. The Labute approximate surface area is 483 Å². The summed E-state index contributed by atoms with van der Waals surface area (Å²) in [7, 11) is 0. The van der Waals surface area contributed by atoms with E-state index in [0.717, 1.165) is 48.6 Å². The van der Waals surface area contributed by atoms with Crippen molar-refractivity contribution in [1.82, 2.24) is 30.0 Å². The molecule has 0 aromatic carbocycles. The van der Waals surface area contributed by atoms with Crippen LogP contribution in [0.25, 0.3) is 0 Å². The van der Waals surface area contributed by atoms with Crippen molar-refractivity contribution in [2.45, 2.75) is 218 Å².